The summed E-state index contributed by atoms with van der Waals surface area (Å²) in [6.45, 7) is 0. The second-order valence-electron chi connectivity index (χ2n) is 4.27. The van der Waals surface area contributed by atoms with Crippen LogP contribution in [0.2, 0.25) is 0 Å². The number of carbonyl (C=O) groups excluding carboxylic acids is 1. The Kier molecular flexibility index (Phi) is 2.91. The highest BCUT2D eigenvalue weighted by atomic mass is 32.2. The van der Waals surface area contributed by atoms with Gasteiger partial charge in [-0.15, -0.1) is 11.8 Å². The highest BCUT2D eigenvalue weighted by Gasteiger charge is 2.25. The lowest BCUT2D eigenvalue weighted by Gasteiger charge is -2.05. The number of hydrogen-bond donors (Lipinski definition) is 2. The van der Waals surface area contributed by atoms with Gasteiger partial charge >= 0.3 is 0 Å². The smallest absolute Gasteiger partial charge is 0.234 e. The van der Waals surface area contributed by atoms with Gasteiger partial charge < -0.3 is 15.0 Å². The number of carbonyl (C=O) groups is 1. The zero-order valence-corrected chi connectivity index (χ0v) is 10.8. The van der Waals surface area contributed by atoms with Crippen molar-refractivity contribution in [2.75, 3.05) is 13.0 Å². The number of ether oxygens (including phenoxy) is 1. The molecule has 0 radical (unpaired) electrons. The first-order valence-electron chi connectivity index (χ1n) is 5.81. The Balaban J connectivity index is 1.93. The first-order chi connectivity index (χ1) is 8.78. The number of aromatic nitrogens is 1. The first kappa shape index (κ1) is 11.5. The minimum atomic E-state index is 0.0233. The van der Waals surface area contributed by atoms with Crippen molar-refractivity contribution in [2.24, 2.45) is 0 Å². The number of methoxy groups -OCH3 is 1. The molecule has 2 heterocycles. The van der Waals surface area contributed by atoms with Gasteiger partial charge in [-0.05, 0) is 30.2 Å². The molecule has 2 N–H and O–H groups in total. The number of thioether (sulfide) groups is 1. The summed E-state index contributed by atoms with van der Waals surface area (Å²) in [6, 6.07) is 5.94. The van der Waals surface area contributed by atoms with Crippen LogP contribution in [0.15, 0.2) is 24.4 Å². The fraction of sp³-hybridized carbons (Fsp3) is 0.308. The molecule has 1 aliphatic rings. The number of fused-ring (bicyclic) bond motifs is 1. The van der Waals surface area contributed by atoms with E-state index in [-0.39, 0.29) is 11.2 Å². The van der Waals surface area contributed by atoms with Crippen molar-refractivity contribution >= 4 is 28.6 Å². The molecule has 1 fully saturated rings. The van der Waals surface area contributed by atoms with Crippen molar-refractivity contribution in [3.8, 4) is 5.75 Å². The van der Waals surface area contributed by atoms with Gasteiger partial charge in [0.05, 0.1) is 18.2 Å². The zero-order chi connectivity index (χ0) is 12.5. The molecule has 18 heavy (non-hydrogen) atoms. The van der Waals surface area contributed by atoms with Crippen LogP contribution in [-0.4, -0.2) is 29.1 Å². The van der Waals surface area contributed by atoms with E-state index >= 15 is 0 Å². The maximum atomic E-state index is 11.6. The summed E-state index contributed by atoms with van der Waals surface area (Å²) in [7, 11) is 1.66. The second kappa shape index (κ2) is 4.57. The largest absolute Gasteiger partial charge is 0.497 e. The predicted molar refractivity (Wildman–Crippen MR) is 72.9 cm³/mol. The summed E-state index contributed by atoms with van der Waals surface area (Å²) in [4.78, 5) is 14.8. The first-order valence-corrected chi connectivity index (χ1v) is 6.86. The standard InChI is InChI=1S/C13H14N2O2S/c1-17-9-2-3-11-10(5-9)8(6-14-11)4-12-13(16)15-7-18-12/h2-3,5-6,12,14H,4,7H2,1H3,(H,15,16). The number of amides is 1. The third-order valence-corrected chi connectivity index (χ3v) is 4.30. The lowest BCUT2D eigenvalue weighted by atomic mass is 10.1. The average molecular weight is 262 g/mol. The Morgan fingerprint density at radius 3 is 3.11 bits per heavy atom. The van der Waals surface area contributed by atoms with Gasteiger partial charge in [-0.3, -0.25) is 4.79 Å². The van der Waals surface area contributed by atoms with Crippen molar-refractivity contribution in [1.29, 1.82) is 0 Å². The number of benzene rings is 1. The van der Waals surface area contributed by atoms with Crippen LogP contribution in [0, 0.1) is 0 Å². The molecule has 0 bridgehead atoms. The topological polar surface area (TPSA) is 54.1 Å². The van der Waals surface area contributed by atoms with E-state index in [1.165, 1.54) is 5.56 Å². The molecule has 1 atom stereocenters. The van der Waals surface area contributed by atoms with Crippen molar-refractivity contribution in [3.05, 3.63) is 30.0 Å². The van der Waals surface area contributed by atoms with Crippen LogP contribution in [-0.2, 0) is 11.2 Å². The Bertz CT molecular complexity index is 594. The third-order valence-electron chi connectivity index (χ3n) is 3.20. The van der Waals surface area contributed by atoms with Crippen LogP contribution in [0.25, 0.3) is 10.9 Å². The van der Waals surface area contributed by atoms with Gasteiger partial charge in [-0.25, -0.2) is 0 Å². The van der Waals surface area contributed by atoms with Gasteiger partial charge in [-0.2, -0.15) is 0 Å². The number of rotatable bonds is 3. The third kappa shape index (κ3) is 1.95. The summed E-state index contributed by atoms with van der Waals surface area (Å²) in [5.74, 6) is 1.69. The van der Waals surface area contributed by atoms with Crippen molar-refractivity contribution in [3.63, 3.8) is 0 Å². The molecule has 1 aliphatic heterocycles. The van der Waals surface area contributed by atoms with Crippen LogP contribution in [0.5, 0.6) is 5.75 Å². The van der Waals surface area contributed by atoms with Crippen LogP contribution in [0.1, 0.15) is 5.56 Å². The molecule has 1 unspecified atom stereocenters. The molecule has 0 spiro atoms. The van der Waals surface area contributed by atoms with E-state index in [9.17, 15) is 4.79 Å². The number of aromatic amines is 1. The summed E-state index contributed by atoms with van der Waals surface area (Å²) in [6.07, 6.45) is 2.74. The zero-order valence-electron chi connectivity index (χ0n) is 10.0. The highest BCUT2D eigenvalue weighted by Crippen LogP contribution is 2.28. The van der Waals surface area contributed by atoms with E-state index in [0.717, 1.165) is 29.0 Å². The Morgan fingerprint density at radius 2 is 2.39 bits per heavy atom. The van der Waals surface area contributed by atoms with Crippen molar-refractivity contribution in [2.45, 2.75) is 11.7 Å². The summed E-state index contributed by atoms with van der Waals surface area (Å²) in [5, 5.41) is 4.00. The van der Waals surface area contributed by atoms with E-state index in [0.29, 0.717) is 0 Å². The highest BCUT2D eigenvalue weighted by molar-refractivity contribution is 8.01. The van der Waals surface area contributed by atoms with Crippen molar-refractivity contribution in [1.82, 2.24) is 10.3 Å². The average Bonchev–Trinajstić information content (AvgIpc) is 2.97. The van der Waals surface area contributed by atoms with Crippen LogP contribution >= 0.6 is 11.8 Å². The lowest BCUT2D eigenvalue weighted by molar-refractivity contribution is -0.119. The molecule has 2 aromatic rings. The molecule has 5 heteroatoms. The minimum Gasteiger partial charge on any atom is -0.497 e. The van der Waals surface area contributed by atoms with E-state index in [2.05, 4.69) is 10.3 Å². The molecular formula is C13H14N2O2S. The van der Waals surface area contributed by atoms with Crippen molar-refractivity contribution < 1.29 is 9.53 Å². The van der Waals surface area contributed by atoms with Gasteiger partial charge in [0.1, 0.15) is 5.75 Å². The lowest BCUT2D eigenvalue weighted by Crippen LogP contribution is -2.23. The molecule has 94 valence electrons. The Morgan fingerprint density at radius 1 is 1.50 bits per heavy atom. The molecule has 1 aromatic heterocycles. The Labute approximate surface area is 109 Å². The normalized spacial score (nSPS) is 19.2. The molecule has 1 aromatic carbocycles. The van der Waals surface area contributed by atoms with E-state index in [1.54, 1.807) is 18.9 Å². The fourth-order valence-electron chi connectivity index (χ4n) is 2.21. The van der Waals surface area contributed by atoms with Gasteiger partial charge in [0, 0.05) is 17.1 Å². The predicted octanol–water partition coefficient (Wildman–Crippen LogP) is 1.91. The quantitative estimate of drug-likeness (QED) is 0.888. The number of hydrogen-bond acceptors (Lipinski definition) is 3. The molecule has 3 rings (SSSR count). The minimum absolute atomic E-state index is 0.0233. The molecule has 1 saturated heterocycles. The number of nitrogens with one attached hydrogen (secondary N) is 2. The van der Waals surface area contributed by atoms with Gasteiger partial charge in [0.2, 0.25) is 5.91 Å². The van der Waals surface area contributed by atoms with E-state index in [4.69, 9.17) is 4.74 Å². The molecule has 4 nitrogen and oxygen atoms in total. The Hall–Kier alpha value is -1.62. The number of H-pyrrole nitrogens is 1. The van der Waals surface area contributed by atoms with Gasteiger partial charge in [0.15, 0.2) is 0 Å². The maximum absolute atomic E-state index is 11.6. The molecule has 0 aliphatic carbocycles. The monoisotopic (exact) mass is 262 g/mol. The van der Waals surface area contributed by atoms with Crippen LogP contribution < -0.4 is 10.1 Å². The van der Waals surface area contributed by atoms with E-state index in [1.807, 2.05) is 24.4 Å². The fourth-order valence-corrected chi connectivity index (χ4v) is 3.17. The van der Waals surface area contributed by atoms with Gasteiger partial charge in [-0.1, -0.05) is 0 Å². The molecular weight excluding hydrogens is 248 g/mol. The summed E-state index contributed by atoms with van der Waals surface area (Å²) < 4.78 is 5.24. The van der Waals surface area contributed by atoms with Gasteiger partial charge in [0.25, 0.3) is 0 Å². The second-order valence-corrected chi connectivity index (χ2v) is 5.46. The molecule has 1 amide bonds. The SMILES string of the molecule is COc1ccc2[nH]cc(CC3SCNC3=O)c2c1. The summed E-state index contributed by atoms with van der Waals surface area (Å²) >= 11 is 1.66. The van der Waals surface area contributed by atoms with Crippen LogP contribution in [0.4, 0.5) is 0 Å². The van der Waals surface area contributed by atoms with Crippen LogP contribution in [0.3, 0.4) is 0 Å². The summed E-state index contributed by atoms with van der Waals surface area (Å²) in [5.41, 5.74) is 2.24. The molecule has 0 saturated carbocycles. The van der Waals surface area contributed by atoms with E-state index < -0.39 is 0 Å². The maximum Gasteiger partial charge on any atom is 0.234 e.